The Bertz CT molecular complexity index is 378. The van der Waals surface area contributed by atoms with Gasteiger partial charge in [-0.1, -0.05) is 0 Å². The summed E-state index contributed by atoms with van der Waals surface area (Å²) >= 11 is 0. The first-order valence-electron chi connectivity index (χ1n) is 2.67. The van der Waals surface area contributed by atoms with Crippen LogP contribution in [0.25, 0.3) is 0 Å². The van der Waals surface area contributed by atoms with Crippen LogP contribution in [-0.2, 0) is 20.5 Å². The summed E-state index contributed by atoms with van der Waals surface area (Å²) in [6.45, 7) is 0. The summed E-state index contributed by atoms with van der Waals surface area (Å²) in [4.78, 5) is 0. The van der Waals surface area contributed by atoms with Gasteiger partial charge in [-0.05, 0) is 0 Å². The Morgan fingerprint density at radius 1 is 1.00 bits per heavy atom. The highest BCUT2D eigenvalue weighted by Gasteiger charge is 2.55. The van der Waals surface area contributed by atoms with Gasteiger partial charge in [0, 0.05) is 0 Å². The highest BCUT2D eigenvalue weighted by atomic mass is 32.3. The molecule has 0 aromatic carbocycles. The molecule has 13 heteroatoms. The van der Waals surface area contributed by atoms with Crippen molar-refractivity contribution in [2.45, 2.75) is 11.0 Å². The zero-order chi connectivity index (χ0) is 12.7. The fourth-order valence-electron chi connectivity index (χ4n) is 0.258. The Labute approximate surface area is 79.3 Å². The maximum Gasteiger partial charge on any atom is 0.512 e. The van der Waals surface area contributed by atoms with Gasteiger partial charge in [-0.3, -0.25) is 0 Å². The van der Waals surface area contributed by atoms with Gasteiger partial charge in [-0.25, -0.2) is 12.6 Å². The van der Waals surface area contributed by atoms with Crippen LogP contribution in [0.4, 0.5) is 30.2 Å². The minimum Gasteiger partial charge on any atom is -0.232 e. The summed E-state index contributed by atoms with van der Waals surface area (Å²) in [5.74, 6) is 0. The SMILES string of the molecule is O=S(=O)(N[SH](=O)(F)C(F)(F)F)C(F)(F)F. The quantitative estimate of drug-likeness (QED) is 0.447. The normalized spacial score (nSPS) is 16.5. The summed E-state index contributed by atoms with van der Waals surface area (Å²) < 4.78 is 110. The molecule has 0 fully saturated rings. The fraction of sp³-hybridized carbons (Fsp3) is 1.00. The lowest BCUT2D eigenvalue weighted by molar-refractivity contribution is -0.0492. The Balaban J connectivity index is 5.18. The first-order valence-corrected chi connectivity index (χ1v) is 5.76. The molecule has 0 heterocycles. The molecule has 0 aromatic rings. The van der Waals surface area contributed by atoms with E-state index in [4.69, 9.17) is 0 Å². The smallest absolute Gasteiger partial charge is 0.232 e. The maximum atomic E-state index is 12.1. The molecule has 0 amide bonds. The third-order valence-electron chi connectivity index (χ3n) is 0.868. The molecule has 0 rings (SSSR count). The van der Waals surface area contributed by atoms with E-state index in [0.717, 1.165) is 0 Å². The van der Waals surface area contributed by atoms with Crippen molar-refractivity contribution in [1.29, 1.82) is 0 Å². The van der Waals surface area contributed by atoms with E-state index in [0.29, 0.717) is 0 Å². The molecule has 0 aromatic heterocycles. The molecule has 0 radical (unpaired) electrons. The number of sulfonamides is 1. The highest BCUT2D eigenvalue weighted by molar-refractivity contribution is 8.09. The number of nitrogens with one attached hydrogen (secondary N) is 1. The van der Waals surface area contributed by atoms with Crippen LogP contribution >= 0.6 is 0 Å². The first kappa shape index (κ1) is 14.6. The van der Waals surface area contributed by atoms with Gasteiger partial charge in [0.1, 0.15) is 0 Å². The van der Waals surface area contributed by atoms with Crippen molar-refractivity contribution in [3.8, 4) is 0 Å². The second kappa shape index (κ2) is 3.55. The summed E-state index contributed by atoms with van der Waals surface area (Å²) in [5, 5.41) is 0. The van der Waals surface area contributed by atoms with Crippen LogP contribution in [0.1, 0.15) is 0 Å². The van der Waals surface area contributed by atoms with Gasteiger partial charge in [0.05, 0.1) is 0 Å². The van der Waals surface area contributed by atoms with E-state index in [9.17, 15) is 42.9 Å². The van der Waals surface area contributed by atoms with Crippen LogP contribution in [0.2, 0.25) is 0 Å². The molecule has 0 aliphatic heterocycles. The van der Waals surface area contributed by atoms with Gasteiger partial charge >= 0.3 is 21.0 Å². The van der Waals surface area contributed by atoms with E-state index in [1.165, 1.54) is 0 Å². The van der Waals surface area contributed by atoms with Crippen LogP contribution < -0.4 is 4.13 Å². The number of thiol groups is 1. The van der Waals surface area contributed by atoms with Crippen molar-refractivity contribution in [3.63, 3.8) is 0 Å². The van der Waals surface area contributed by atoms with E-state index in [2.05, 4.69) is 0 Å². The van der Waals surface area contributed by atoms with Crippen molar-refractivity contribution in [2.24, 2.45) is 0 Å². The Morgan fingerprint density at radius 3 is 1.53 bits per heavy atom. The molecule has 0 aliphatic rings. The van der Waals surface area contributed by atoms with Crippen LogP contribution in [0.15, 0.2) is 0 Å². The standard InChI is InChI=1S/C2H2F7NO3S2/c3-1(4,5)14(9,11)10-15(12,13)2(6,7)8/h14H,(H,10,11). The van der Waals surface area contributed by atoms with E-state index in [1.807, 2.05) is 0 Å². The maximum absolute atomic E-state index is 12.1. The zero-order valence-corrected chi connectivity index (χ0v) is 7.94. The lowest BCUT2D eigenvalue weighted by atomic mass is 11.6. The molecular weight excluding hydrogens is 283 g/mol. The van der Waals surface area contributed by atoms with Gasteiger partial charge in [-0.15, -0.1) is 8.01 Å². The van der Waals surface area contributed by atoms with Crippen LogP contribution in [0.5, 0.6) is 0 Å². The van der Waals surface area contributed by atoms with Crippen LogP contribution in [0, 0.1) is 0 Å². The first-order chi connectivity index (χ1) is 6.21. The number of hydrogen-bond acceptors (Lipinski definition) is 3. The predicted molar refractivity (Wildman–Crippen MR) is 34.8 cm³/mol. The molecule has 15 heavy (non-hydrogen) atoms. The van der Waals surface area contributed by atoms with Gasteiger partial charge in [-0.2, -0.15) is 26.3 Å². The third kappa shape index (κ3) is 3.27. The lowest BCUT2D eigenvalue weighted by Gasteiger charge is -2.19. The summed E-state index contributed by atoms with van der Waals surface area (Å²) in [6, 6.07) is 0. The van der Waals surface area contributed by atoms with E-state index in [1.54, 1.807) is 0 Å². The Morgan fingerprint density at radius 2 is 1.33 bits per heavy atom. The molecule has 0 spiro atoms. The molecule has 1 N–H and O–H groups in total. The molecule has 0 bridgehead atoms. The summed E-state index contributed by atoms with van der Waals surface area (Å²) in [6.07, 6.45) is 0. The molecule has 0 atom stereocenters. The predicted octanol–water partition coefficient (Wildman–Crippen LogP) is 0.762. The Kier molecular flexibility index (Phi) is 3.45. The van der Waals surface area contributed by atoms with Gasteiger partial charge in [0.2, 0.25) is 0 Å². The molecule has 0 saturated heterocycles. The molecule has 0 unspecified atom stereocenters. The average molecular weight is 285 g/mol. The fourth-order valence-corrected chi connectivity index (χ4v) is 2.32. The number of halogens is 7. The van der Waals surface area contributed by atoms with Gasteiger partial charge in [0.15, 0.2) is 10.5 Å². The van der Waals surface area contributed by atoms with Crippen molar-refractivity contribution < 1.29 is 42.9 Å². The molecular formula is C2H2F7NO3S2. The molecule has 94 valence electrons. The second-order valence-corrected chi connectivity index (χ2v) is 5.81. The highest BCUT2D eigenvalue weighted by Crippen LogP contribution is 2.32. The summed E-state index contributed by atoms with van der Waals surface area (Å²) in [5.41, 5.74) is -12.4. The minimum absolute atomic E-state index is 0.576. The topological polar surface area (TPSA) is 63.2 Å². The largest absolute Gasteiger partial charge is 0.512 e. The number of hydrogen-bond donors (Lipinski definition) is 2. The van der Waals surface area contributed by atoms with E-state index in [-0.39, 0.29) is 0 Å². The van der Waals surface area contributed by atoms with E-state index >= 15 is 0 Å². The van der Waals surface area contributed by atoms with Crippen molar-refractivity contribution in [3.05, 3.63) is 0 Å². The Hall–Kier alpha value is -0.430. The molecule has 0 aliphatic carbocycles. The average Bonchev–Trinajstić information content (AvgIpc) is 1.77. The third-order valence-corrected chi connectivity index (χ3v) is 4.03. The van der Waals surface area contributed by atoms with Crippen molar-refractivity contribution in [1.82, 2.24) is 4.13 Å². The van der Waals surface area contributed by atoms with Gasteiger partial charge < -0.3 is 0 Å². The van der Waals surface area contributed by atoms with Crippen LogP contribution in [-0.4, -0.2) is 23.6 Å². The van der Waals surface area contributed by atoms with Crippen LogP contribution in [0.3, 0.4) is 0 Å². The number of alkyl halides is 6. The molecule has 4 nitrogen and oxygen atoms in total. The van der Waals surface area contributed by atoms with E-state index < -0.39 is 35.7 Å². The monoisotopic (exact) mass is 285 g/mol. The molecule has 0 saturated carbocycles. The van der Waals surface area contributed by atoms with Gasteiger partial charge in [0.25, 0.3) is 0 Å². The van der Waals surface area contributed by atoms with Crippen molar-refractivity contribution in [2.75, 3.05) is 0 Å². The lowest BCUT2D eigenvalue weighted by Crippen LogP contribution is -2.47. The summed E-state index contributed by atoms with van der Waals surface area (Å²) in [7, 11) is -13.8. The minimum atomic E-state index is -7.15. The zero-order valence-electron chi connectivity index (χ0n) is 6.23. The second-order valence-electron chi connectivity index (χ2n) is 2.04. The number of rotatable bonds is 2. The van der Waals surface area contributed by atoms with Crippen molar-refractivity contribution >= 4 is 20.5 Å².